The SMILES string of the molecule is COC(=O)C1C(NC(C)=O)SC2=CC=CCC21. The summed E-state index contributed by atoms with van der Waals surface area (Å²) in [5.41, 5.74) is 0. The third kappa shape index (κ3) is 2.39. The molecule has 0 aromatic heterocycles. The fourth-order valence-corrected chi connectivity index (χ4v) is 3.79. The van der Waals surface area contributed by atoms with Gasteiger partial charge in [0.25, 0.3) is 0 Å². The Morgan fingerprint density at radius 3 is 2.94 bits per heavy atom. The Kier molecular flexibility index (Phi) is 3.57. The van der Waals surface area contributed by atoms with E-state index >= 15 is 0 Å². The first-order valence-corrected chi connectivity index (χ1v) is 6.39. The molecule has 1 aliphatic heterocycles. The number of amides is 1. The maximum absolute atomic E-state index is 11.8. The first-order chi connectivity index (χ1) is 8.13. The summed E-state index contributed by atoms with van der Waals surface area (Å²) in [7, 11) is 1.39. The van der Waals surface area contributed by atoms with Crippen LogP contribution in [0.25, 0.3) is 0 Å². The molecule has 1 amide bonds. The van der Waals surface area contributed by atoms with Gasteiger partial charge in [-0.1, -0.05) is 18.2 Å². The van der Waals surface area contributed by atoms with Gasteiger partial charge in [0.15, 0.2) is 0 Å². The number of esters is 1. The average molecular weight is 253 g/mol. The molecule has 5 heteroatoms. The molecule has 0 radical (unpaired) electrons. The van der Waals surface area contributed by atoms with E-state index in [1.54, 1.807) is 11.8 Å². The highest BCUT2D eigenvalue weighted by Crippen LogP contribution is 2.48. The van der Waals surface area contributed by atoms with E-state index in [1.807, 2.05) is 18.2 Å². The minimum absolute atomic E-state index is 0.122. The zero-order valence-corrected chi connectivity index (χ0v) is 10.6. The van der Waals surface area contributed by atoms with Crippen molar-refractivity contribution in [2.75, 3.05) is 7.11 Å². The van der Waals surface area contributed by atoms with E-state index in [9.17, 15) is 9.59 Å². The molecule has 0 aromatic rings. The number of fused-ring (bicyclic) bond motifs is 1. The molecule has 3 unspecified atom stereocenters. The molecule has 2 aliphatic rings. The summed E-state index contributed by atoms with van der Waals surface area (Å²) in [4.78, 5) is 24.1. The van der Waals surface area contributed by atoms with Crippen molar-refractivity contribution in [1.29, 1.82) is 0 Å². The van der Waals surface area contributed by atoms with Crippen molar-refractivity contribution in [2.45, 2.75) is 18.7 Å². The molecule has 2 rings (SSSR count). The van der Waals surface area contributed by atoms with Crippen molar-refractivity contribution in [3.63, 3.8) is 0 Å². The highest BCUT2D eigenvalue weighted by atomic mass is 32.2. The van der Waals surface area contributed by atoms with Gasteiger partial charge in [-0.25, -0.2) is 0 Å². The van der Waals surface area contributed by atoms with Gasteiger partial charge in [-0.2, -0.15) is 0 Å². The number of hydrogen-bond donors (Lipinski definition) is 1. The quantitative estimate of drug-likeness (QED) is 0.757. The second-order valence-corrected chi connectivity index (χ2v) is 5.34. The molecule has 0 bridgehead atoms. The molecular formula is C12H15NO3S. The highest BCUT2D eigenvalue weighted by molar-refractivity contribution is 8.04. The molecule has 1 fully saturated rings. The van der Waals surface area contributed by atoms with E-state index in [0.29, 0.717) is 0 Å². The summed E-state index contributed by atoms with van der Waals surface area (Å²) < 4.78 is 4.84. The lowest BCUT2D eigenvalue weighted by Gasteiger charge is -2.21. The summed E-state index contributed by atoms with van der Waals surface area (Å²) in [6, 6.07) is 0. The molecule has 3 atom stereocenters. The smallest absolute Gasteiger partial charge is 0.312 e. The number of rotatable bonds is 2. The van der Waals surface area contributed by atoms with Crippen LogP contribution in [0.3, 0.4) is 0 Å². The lowest BCUT2D eigenvalue weighted by molar-refractivity contribution is -0.146. The molecule has 0 saturated carbocycles. The highest BCUT2D eigenvalue weighted by Gasteiger charge is 2.45. The third-order valence-electron chi connectivity index (χ3n) is 2.99. The second kappa shape index (κ2) is 4.96. The van der Waals surface area contributed by atoms with E-state index in [0.717, 1.165) is 11.3 Å². The van der Waals surface area contributed by atoms with E-state index in [-0.39, 0.29) is 29.1 Å². The van der Waals surface area contributed by atoms with Crippen LogP contribution in [0.15, 0.2) is 23.1 Å². The Morgan fingerprint density at radius 1 is 1.53 bits per heavy atom. The van der Waals surface area contributed by atoms with Crippen LogP contribution in [0.5, 0.6) is 0 Å². The van der Waals surface area contributed by atoms with E-state index in [4.69, 9.17) is 4.74 Å². The number of hydrogen-bond acceptors (Lipinski definition) is 4. The van der Waals surface area contributed by atoms with Gasteiger partial charge >= 0.3 is 5.97 Å². The van der Waals surface area contributed by atoms with Crippen LogP contribution in [-0.2, 0) is 14.3 Å². The summed E-state index contributed by atoms with van der Waals surface area (Å²) in [5.74, 6) is -0.511. The minimum Gasteiger partial charge on any atom is -0.469 e. The maximum atomic E-state index is 11.8. The average Bonchev–Trinajstić information content (AvgIpc) is 2.65. The number of ether oxygens (including phenoxy) is 1. The molecule has 0 aromatic carbocycles. The van der Waals surface area contributed by atoms with Crippen molar-refractivity contribution >= 4 is 23.6 Å². The van der Waals surface area contributed by atoms with Crippen molar-refractivity contribution in [3.8, 4) is 0 Å². The van der Waals surface area contributed by atoms with E-state index in [2.05, 4.69) is 5.32 Å². The molecule has 1 saturated heterocycles. The molecule has 1 N–H and O–H groups in total. The van der Waals surface area contributed by atoms with Gasteiger partial charge in [-0.3, -0.25) is 9.59 Å². The molecule has 92 valence electrons. The van der Waals surface area contributed by atoms with Crippen LogP contribution in [-0.4, -0.2) is 24.4 Å². The molecule has 4 nitrogen and oxygen atoms in total. The van der Waals surface area contributed by atoms with Gasteiger partial charge in [-0.15, -0.1) is 11.8 Å². The predicted octanol–water partition coefficient (Wildman–Crippen LogP) is 1.44. The Hall–Kier alpha value is -1.23. The third-order valence-corrected chi connectivity index (χ3v) is 4.37. The molecular weight excluding hydrogens is 238 g/mol. The number of nitrogens with one attached hydrogen (secondary N) is 1. The van der Waals surface area contributed by atoms with E-state index in [1.165, 1.54) is 14.0 Å². The Balaban J connectivity index is 2.22. The Bertz CT molecular complexity index is 403. The minimum atomic E-state index is -0.287. The van der Waals surface area contributed by atoms with Gasteiger partial charge in [-0.05, 0) is 11.3 Å². The lowest BCUT2D eigenvalue weighted by Crippen LogP contribution is -2.40. The number of thioether (sulfide) groups is 1. The lowest BCUT2D eigenvalue weighted by atomic mass is 9.87. The topological polar surface area (TPSA) is 55.4 Å². The van der Waals surface area contributed by atoms with Crippen LogP contribution < -0.4 is 5.32 Å². The van der Waals surface area contributed by atoms with Crippen LogP contribution in [0.2, 0.25) is 0 Å². The van der Waals surface area contributed by atoms with Crippen molar-refractivity contribution in [2.24, 2.45) is 11.8 Å². The summed E-state index contributed by atoms with van der Waals surface area (Å²) in [5, 5.41) is 2.61. The molecule has 17 heavy (non-hydrogen) atoms. The fourth-order valence-electron chi connectivity index (χ4n) is 2.25. The first kappa shape index (κ1) is 12.2. The van der Waals surface area contributed by atoms with Crippen molar-refractivity contribution in [3.05, 3.63) is 23.1 Å². The van der Waals surface area contributed by atoms with Crippen molar-refractivity contribution < 1.29 is 14.3 Å². The molecule has 1 aliphatic carbocycles. The number of allylic oxidation sites excluding steroid dienone is 4. The number of carbonyl (C=O) groups is 2. The molecule has 1 heterocycles. The van der Waals surface area contributed by atoms with Gasteiger partial charge < -0.3 is 10.1 Å². The Morgan fingerprint density at radius 2 is 2.29 bits per heavy atom. The predicted molar refractivity (Wildman–Crippen MR) is 66.0 cm³/mol. The standard InChI is InChI=1S/C12H15NO3S/c1-7(14)13-11-10(12(15)16-2)8-5-3-4-6-9(8)17-11/h3-4,6,8,10-11H,5H2,1-2H3,(H,13,14). The van der Waals surface area contributed by atoms with E-state index < -0.39 is 0 Å². The van der Waals surface area contributed by atoms with Gasteiger partial charge in [0.1, 0.15) is 0 Å². The zero-order valence-electron chi connectivity index (χ0n) is 9.80. The van der Waals surface area contributed by atoms with Gasteiger partial charge in [0.2, 0.25) is 5.91 Å². The number of methoxy groups -OCH3 is 1. The maximum Gasteiger partial charge on any atom is 0.312 e. The summed E-state index contributed by atoms with van der Waals surface area (Å²) in [6.45, 7) is 1.46. The van der Waals surface area contributed by atoms with Crippen LogP contribution >= 0.6 is 11.8 Å². The van der Waals surface area contributed by atoms with Crippen LogP contribution in [0.4, 0.5) is 0 Å². The zero-order chi connectivity index (χ0) is 12.4. The normalized spacial score (nSPS) is 30.5. The fraction of sp³-hybridized carbons (Fsp3) is 0.500. The summed E-state index contributed by atoms with van der Waals surface area (Å²) >= 11 is 1.55. The monoisotopic (exact) mass is 253 g/mol. The van der Waals surface area contributed by atoms with Crippen molar-refractivity contribution in [1.82, 2.24) is 5.32 Å². The van der Waals surface area contributed by atoms with Crippen LogP contribution in [0, 0.1) is 11.8 Å². The molecule has 0 spiro atoms. The largest absolute Gasteiger partial charge is 0.469 e. The number of carbonyl (C=O) groups excluding carboxylic acids is 2. The summed E-state index contributed by atoms with van der Waals surface area (Å²) in [6.07, 6.45) is 6.87. The van der Waals surface area contributed by atoms with Gasteiger partial charge in [0.05, 0.1) is 18.4 Å². The van der Waals surface area contributed by atoms with Gasteiger partial charge in [0, 0.05) is 12.8 Å². The first-order valence-electron chi connectivity index (χ1n) is 5.51. The Labute approximate surface area is 104 Å². The van der Waals surface area contributed by atoms with Crippen LogP contribution in [0.1, 0.15) is 13.3 Å². The second-order valence-electron chi connectivity index (χ2n) is 4.13.